The van der Waals surface area contributed by atoms with Gasteiger partial charge in [-0.3, -0.25) is 9.59 Å². The van der Waals surface area contributed by atoms with Gasteiger partial charge in [-0.1, -0.05) is 6.92 Å². The monoisotopic (exact) mass is 216 g/mol. The summed E-state index contributed by atoms with van der Waals surface area (Å²) in [5.74, 6) is -0.664. The highest BCUT2D eigenvalue weighted by Crippen LogP contribution is 1.93. The molecule has 1 amide bonds. The van der Waals surface area contributed by atoms with Crippen LogP contribution >= 0.6 is 0 Å². The van der Waals surface area contributed by atoms with E-state index in [0.29, 0.717) is 32.5 Å². The molecule has 0 rings (SSSR count). The molecule has 0 saturated carbocycles. The first-order chi connectivity index (χ1) is 7.07. The van der Waals surface area contributed by atoms with Gasteiger partial charge in [-0.2, -0.15) is 0 Å². The molecule has 1 atom stereocenters. The van der Waals surface area contributed by atoms with Crippen LogP contribution in [0.4, 0.5) is 0 Å². The molecule has 0 radical (unpaired) electrons. The van der Waals surface area contributed by atoms with E-state index >= 15 is 0 Å². The fourth-order valence-corrected chi connectivity index (χ4v) is 1.01. The van der Waals surface area contributed by atoms with E-state index in [1.807, 2.05) is 0 Å². The number of ether oxygens (including phenoxy) is 1. The molecule has 1 unspecified atom stereocenters. The Kier molecular flexibility index (Phi) is 7.62. The molecule has 0 spiro atoms. The second-order valence-corrected chi connectivity index (χ2v) is 3.42. The van der Waals surface area contributed by atoms with Crippen molar-refractivity contribution in [2.24, 2.45) is 11.7 Å². The molecule has 88 valence electrons. The minimum atomic E-state index is -0.312. The number of carbonyl (C=O) groups excluding carboxylic acids is 2. The number of hydrogen-bond acceptors (Lipinski definition) is 4. The number of carbonyl (C=O) groups is 2. The summed E-state index contributed by atoms with van der Waals surface area (Å²) >= 11 is 0. The lowest BCUT2D eigenvalue weighted by atomic mass is 10.1. The summed E-state index contributed by atoms with van der Waals surface area (Å²) in [6, 6.07) is 0. The summed E-state index contributed by atoms with van der Waals surface area (Å²) in [5, 5.41) is 3.06. The zero-order valence-electron chi connectivity index (χ0n) is 9.41. The molecule has 5 nitrogen and oxygen atoms in total. The number of amides is 1. The third kappa shape index (κ3) is 7.93. The van der Waals surface area contributed by atoms with E-state index in [1.54, 1.807) is 13.8 Å². The van der Waals surface area contributed by atoms with Crippen molar-refractivity contribution in [3.8, 4) is 0 Å². The van der Waals surface area contributed by atoms with Gasteiger partial charge in [0.1, 0.15) is 0 Å². The van der Waals surface area contributed by atoms with Crippen molar-refractivity contribution in [2.45, 2.75) is 26.7 Å². The van der Waals surface area contributed by atoms with E-state index in [-0.39, 0.29) is 17.8 Å². The molecular weight excluding hydrogens is 196 g/mol. The highest BCUT2D eigenvalue weighted by atomic mass is 16.5. The van der Waals surface area contributed by atoms with Gasteiger partial charge in [0, 0.05) is 18.9 Å². The summed E-state index contributed by atoms with van der Waals surface area (Å²) in [5.41, 5.74) is 5.09. The smallest absolute Gasteiger partial charge is 0.305 e. The van der Waals surface area contributed by atoms with Crippen LogP contribution in [0.2, 0.25) is 0 Å². The Labute approximate surface area is 90.4 Å². The van der Waals surface area contributed by atoms with Crippen LogP contribution in [0.15, 0.2) is 0 Å². The second-order valence-electron chi connectivity index (χ2n) is 3.42. The van der Waals surface area contributed by atoms with Crippen LogP contribution in [0.25, 0.3) is 0 Å². The minimum absolute atomic E-state index is 0.174. The van der Waals surface area contributed by atoms with Gasteiger partial charge >= 0.3 is 5.97 Å². The fraction of sp³-hybridized carbons (Fsp3) is 0.800. The van der Waals surface area contributed by atoms with Gasteiger partial charge in [0.2, 0.25) is 5.91 Å². The van der Waals surface area contributed by atoms with Crippen molar-refractivity contribution in [3.05, 3.63) is 0 Å². The summed E-state index contributed by atoms with van der Waals surface area (Å²) in [6.45, 7) is 5.21. The summed E-state index contributed by atoms with van der Waals surface area (Å²) in [7, 11) is 0. The molecular formula is C10H20N2O3. The quantitative estimate of drug-likeness (QED) is 0.443. The van der Waals surface area contributed by atoms with Crippen LogP contribution in [0, 0.1) is 5.92 Å². The largest absolute Gasteiger partial charge is 0.466 e. The molecule has 0 aromatic heterocycles. The standard InChI is InChI=1S/C10H20N2O3/c1-3-15-9(13)5-4-6-12-7-8(2)10(11)14/h8,12H,3-7H2,1-2H3,(H2,11,14). The predicted molar refractivity (Wildman–Crippen MR) is 57.1 cm³/mol. The Morgan fingerprint density at radius 1 is 1.47 bits per heavy atom. The van der Waals surface area contributed by atoms with Crippen LogP contribution < -0.4 is 11.1 Å². The number of hydrogen-bond donors (Lipinski definition) is 2. The van der Waals surface area contributed by atoms with Crippen LogP contribution in [0.3, 0.4) is 0 Å². The highest BCUT2D eigenvalue weighted by molar-refractivity contribution is 5.76. The van der Waals surface area contributed by atoms with Gasteiger partial charge in [0.25, 0.3) is 0 Å². The minimum Gasteiger partial charge on any atom is -0.466 e. The molecule has 0 aliphatic heterocycles. The van der Waals surface area contributed by atoms with Crippen molar-refractivity contribution in [2.75, 3.05) is 19.7 Å². The van der Waals surface area contributed by atoms with Crippen LogP contribution in [-0.4, -0.2) is 31.6 Å². The van der Waals surface area contributed by atoms with E-state index in [9.17, 15) is 9.59 Å². The van der Waals surface area contributed by atoms with Gasteiger partial charge in [0.15, 0.2) is 0 Å². The van der Waals surface area contributed by atoms with Gasteiger partial charge < -0.3 is 15.8 Å². The lowest BCUT2D eigenvalue weighted by Crippen LogP contribution is -2.31. The number of nitrogens with one attached hydrogen (secondary N) is 1. The molecule has 0 saturated heterocycles. The summed E-state index contributed by atoms with van der Waals surface area (Å²) < 4.78 is 4.77. The zero-order chi connectivity index (χ0) is 11.7. The average Bonchev–Trinajstić information content (AvgIpc) is 2.17. The number of esters is 1. The number of primary amides is 1. The van der Waals surface area contributed by atoms with E-state index in [2.05, 4.69) is 5.32 Å². The van der Waals surface area contributed by atoms with Gasteiger partial charge in [0.05, 0.1) is 6.61 Å². The maximum absolute atomic E-state index is 10.9. The number of rotatable bonds is 8. The predicted octanol–water partition coefficient (Wildman–Crippen LogP) is 0.0407. The van der Waals surface area contributed by atoms with Crippen molar-refractivity contribution in [3.63, 3.8) is 0 Å². The topological polar surface area (TPSA) is 81.4 Å². The SMILES string of the molecule is CCOC(=O)CCCNCC(C)C(N)=O. The van der Waals surface area contributed by atoms with Gasteiger partial charge in [-0.05, 0) is 19.9 Å². The Bertz CT molecular complexity index is 207. The van der Waals surface area contributed by atoms with E-state index < -0.39 is 0 Å². The Balaban J connectivity index is 3.32. The van der Waals surface area contributed by atoms with Crippen molar-refractivity contribution in [1.82, 2.24) is 5.32 Å². The number of nitrogens with two attached hydrogens (primary N) is 1. The first-order valence-electron chi connectivity index (χ1n) is 5.23. The maximum Gasteiger partial charge on any atom is 0.305 e. The van der Waals surface area contributed by atoms with E-state index in [1.165, 1.54) is 0 Å². The van der Waals surface area contributed by atoms with Crippen LogP contribution in [0.1, 0.15) is 26.7 Å². The van der Waals surface area contributed by atoms with Gasteiger partial charge in [-0.25, -0.2) is 0 Å². The fourth-order valence-electron chi connectivity index (χ4n) is 1.01. The third-order valence-electron chi connectivity index (χ3n) is 1.98. The first kappa shape index (κ1) is 13.9. The van der Waals surface area contributed by atoms with Gasteiger partial charge in [-0.15, -0.1) is 0 Å². The van der Waals surface area contributed by atoms with Crippen molar-refractivity contribution in [1.29, 1.82) is 0 Å². The summed E-state index contributed by atoms with van der Waals surface area (Å²) in [6.07, 6.45) is 1.12. The maximum atomic E-state index is 10.9. The first-order valence-corrected chi connectivity index (χ1v) is 5.23. The molecule has 0 aliphatic rings. The molecule has 15 heavy (non-hydrogen) atoms. The van der Waals surface area contributed by atoms with Crippen molar-refractivity contribution >= 4 is 11.9 Å². The lowest BCUT2D eigenvalue weighted by molar-refractivity contribution is -0.143. The molecule has 0 aromatic carbocycles. The molecule has 5 heteroatoms. The van der Waals surface area contributed by atoms with Crippen LogP contribution in [0.5, 0.6) is 0 Å². The third-order valence-corrected chi connectivity index (χ3v) is 1.98. The Morgan fingerprint density at radius 3 is 2.67 bits per heavy atom. The normalized spacial score (nSPS) is 12.1. The Morgan fingerprint density at radius 2 is 2.13 bits per heavy atom. The Hall–Kier alpha value is -1.10. The molecule has 0 bridgehead atoms. The van der Waals surface area contributed by atoms with Crippen LogP contribution in [-0.2, 0) is 14.3 Å². The van der Waals surface area contributed by atoms with E-state index in [4.69, 9.17) is 10.5 Å². The zero-order valence-corrected chi connectivity index (χ0v) is 9.41. The second kappa shape index (κ2) is 8.23. The molecule has 0 aromatic rings. The van der Waals surface area contributed by atoms with E-state index in [0.717, 1.165) is 0 Å². The molecule has 0 aliphatic carbocycles. The van der Waals surface area contributed by atoms with Crippen molar-refractivity contribution < 1.29 is 14.3 Å². The lowest BCUT2D eigenvalue weighted by Gasteiger charge is -2.08. The molecule has 3 N–H and O–H groups in total. The average molecular weight is 216 g/mol. The molecule has 0 heterocycles. The summed E-state index contributed by atoms with van der Waals surface area (Å²) in [4.78, 5) is 21.6. The highest BCUT2D eigenvalue weighted by Gasteiger charge is 2.07. The molecule has 0 fully saturated rings.